The number of nitrogens with one attached hydrogen (secondary N) is 1. The molecule has 2 aromatic carbocycles. The van der Waals surface area contributed by atoms with E-state index in [0.717, 1.165) is 56.5 Å². The number of rotatable bonds is 21. The van der Waals surface area contributed by atoms with Gasteiger partial charge in [0.25, 0.3) is 17.2 Å². The van der Waals surface area contributed by atoms with Crippen LogP contribution in [-0.4, -0.2) is 127 Å². The van der Waals surface area contributed by atoms with Crippen LogP contribution < -0.4 is 5.32 Å². The summed E-state index contributed by atoms with van der Waals surface area (Å²) in [7, 11) is -9.13. The van der Waals surface area contributed by atoms with Gasteiger partial charge >= 0.3 is 32.2 Å². The quantitative estimate of drug-likeness (QED) is 0.0154. The van der Waals surface area contributed by atoms with E-state index in [1.807, 2.05) is 0 Å². The molecule has 5 N–H and O–H groups in total. The van der Waals surface area contributed by atoms with Crippen LogP contribution in [0.1, 0.15) is 92.1 Å². The molecule has 5 aromatic rings. The van der Waals surface area contributed by atoms with Gasteiger partial charge in [-0.3, -0.25) is 33.2 Å². The number of halogens is 11. The van der Waals surface area contributed by atoms with E-state index < -0.39 is 207 Å². The lowest BCUT2D eigenvalue weighted by Crippen LogP contribution is -2.44. The Morgan fingerprint density at radius 1 is 0.988 bits per heavy atom. The largest absolute Gasteiger partial charge is 0.480 e. The van der Waals surface area contributed by atoms with Crippen molar-refractivity contribution in [2.24, 2.45) is 11.3 Å². The molecule has 0 spiro atoms. The normalized spacial score (nSPS) is 16.6. The van der Waals surface area contributed by atoms with Crippen LogP contribution >= 0.6 is 19.4 Å². The molecule has 36 heteroatoms. The minimum atomic E-state index is -5.26. The van der Waals surface area contributed by atoms with Crippen molar-refractivity contribution in [2.45, 2.75) is 102 Å². The lowest BCUT2D eigenvalue weighted by atomic mass is 9.88. The second-order valence-corrected chi connectivity index (χ2v) is 25.9. The third-order valence-corrected chi connectivity index (χ3v) is 17.1. The van der Waals surface area contributed by atoms with Gasteiger partial charge in [-0.25, -0.2) is 44.6 Å². The lowest BCUT2D eigenvalue weighted by molar-refractivity contribution is -0.143. The Kier molecular flexibility index (Phi) is 18.5. The van der Waals surface area contributed by atoms with Crippen LogP contribution in [0.5, 0.6) is 0 Å². The second-order valence-electron chi connectivity index (χ2n) is 20.8. The van der Waals surface area contributed by atoms with Gasteiger partial charge in [-0.2, -0.15) is 45.3 Å². The highest BCUT2D eigenvalue weighted by Crippen LogP contribution is 2.68. The predicted octanol–water partition coefficient (Wildman–Crippen LogP) is 7.76. The van der Waals surface area contributed by atoms with Gasteiger partial charge in [0.1, 0.15) is 47.4 Å². The first-order chi connectivity index (χ1) is 39.0. The maximum atomic E-state index is 15.7. The van der Waals surface area contributed by atoms with Crippen molar-refractivity contribution in [3.63, 3.8) is 0 Å². The van der Waals surface area contributed by atoms with Crippen molar-refractivity contribution in [3.05, 3.63) is 98.7 Å². The van der Waals surface area contributed by atoms with Crippen LogP contribution in [0.3, 0.4) is 0 Å². The zero-order chi connectivity index (χ0) is 63.5. The first-order valence-corrected chi connectivity index (χ1v) is 29.4. The molecule has 3 amide bonds. The van der Waals surface area contributed by atoms with E-state index in [1.165, 1.54) is 13.8 Å². The number of carbonyl (C=O) groups is 4. The molecule has 3 aromatic heterocycles. The summed E-state index contributed by atoms with van der Waals surface area (Å²) in [5.74, 6) is -8.23. The van der Waals surface area contributed by atoms with Crippen LogP contribution in [0, 0.1) is 34.8 Å². The molecular formula is C49H48ClF10N8O14PS2. The number of carboxylic acid groups (broad SMARTS) is 1. The number of phosphoric acid groups is 1. The molecular weight excluding hydrogens is 1250 g/mol. The number of alkyl halides is 8. The molecule has 4 atom stereocenters. The van der Waals surface area contributed by atoms with Gasteiger partial charge in [0, 0.05) is 52.3 Å². The molecule has 7 rings (SSSR count). The molecule has 0 bridgehead atoms. The molecule has 85 heavy (non-hydrogen) atoms. The standard InChI is InChI=1S/C49H48ClF10N8O14PS2/c1-45(2,12-13-65(21-36(70)71)44(73)81-23-82-83(74,75)76)43(72)68(84(77)78)19-34-38-32(50)9-8-29(40(38)67(63-34)22-47(53,54)55)28-7-6-27(10-11-46(3,4)85(5,79)80)61-39(28)33(16-24-14-25(51)17-26(52)15-24)62-35(69)20-66-42-37(41(64-66)49(58,59)60)30-18-31(30)48(42,56)57/h6-9,14-15,17,30-31,33H,12-13,16,18-23H2,1-5H3,(H,62,69)(H,70,71)(H,77,78)(H2,74,75,76)/t30-,31+,33?/m0/s1. The summed E-state index contributed by atoms with van der Waals surface area (Å²) >= 11 is 3.34. The van der Waals surface area contributed by atoms with Gasteiger partial charge in [0.05, 0.1) is 34.5 Å². The van der Waals surface area contributed by atoms with Crippen LogP contribution in [0.15, 0.2) is 42.5 Å². The summed E-state index contributed by atoms with van der Waals surface area (Å²) < 4.78 is 216. The number of ether oxygens (including phenoxy) is 1. The van der Waals surface area contributed by atoms with Crippen LogP contribution in [0.2, 0.25) is 5.02 Å². The highest BCUT2D eigenvalue weighted by Gasteiger charge is 2.68. The molecule has 0 saturated heterocycles. The minimum Gasteiger partial charge on any atom is -0.480 e. The van der Waals surface area contributed by atoms with Crippen LogP contribution in [0.25, 0.3) is 22.0 Å². The number of phosphoric ester groups is 1. The van der Waals surface area contributed by atoms with Gasteiger partial charge in [0.2, 0.25) is 18.6 Å². The van der Waals surface area contributed by atoms with E-state index in [0.29, 0.717) is 15.6 Å². The fourth-order valence-electron chi connectivity index (χ4n) is 9.29. The number of aromatic nitrogens is 5. The molecule has 22 nitrogen and oxygen atoms in total. The molecule has 0 radical (unpaired) electrons. The Bertz CT molecular complexity index is 3750. The number of benzene rings is 2. The highest BCUT2D eigenvalue weighted by atomic mass is 35.5. The number of amides is 3. The van der Waals surface area contributed by atoms with Crippen molar-refractivity contribution in [2.75, 3.05) is 26.1 Å². The van der Waals surface area contributed by atoms with Crippen LogP contribution in [0.4, 0.5) is 48.7 Å². The van der Waals surface area contributed by atoms with E-state index in [-0.39, 0.29) is 37.8 Å². The van der Waals surface area contributed by atoms with Crippen molar-refractivity contribution < 1.29 is 109 Å². The van der Waals surface area contributed by atoms with Gasteiger partial charge < -0.3 is 24.9 Å². The molecule has 2 aliphatic rings. The zero-order valence-corrected chi connectivity index (χ0v) is 47.8. The summed E-state index contributed by atoms with van der Waals surface area (Å²) in [6.07, 6.45) is -12.7. The van der Waals surface area contributed by atoms with Crippen molar-refractivity contribution in [3.8, 4) is 23.0 Å². The first-order valence-electron chi connectivity index (χ1n) is 24.6. The number of carbonyl (C=O) groups excluding carboxylic acids is 3. The number of pyridine rings is 1. The van der Waals surface area contributed by atoms with Gasteiger partial charge in [-0.1, -0.05) is 37.4 Å². The summed E-state index contributed by atoms with van der Waals surface area (Å²) in [5, 5.41) is 18.4. The first kappa shape index (κ1) is 65.8. The van der Waals surface area contributed by atoms with Crippen LogP contribution in [-0.2, 0) is 87.5 Å². The highest BCUT2D eigenvalue weighted by molar-refractivity contribution is 7.92. The van der Waals surface area contributed by atoms with E-state index in [4.69, 9.17) is 21.4 Å². The third-order valence-electron chi connectivity index (χ3n) is 13.7. The smallest absolute Gasteiger partial charge is 0.472 e. The minimum absolute atomic E-state index is 0.165. The number of hydrogen-bond donors (Lipinski definition) is 5. The Morgan fingerprint density at radius 3 is 2.20 bits per heavy atom. The predicted molar refractivity (Wildman–Crippen MR) is 276 cm³/mol. The number of hydrogen-bond acceptors (Lipinski definition) is 13. The van der Waals surface area contributed by atoms with Crippen molar-refractivity contribution in [1.82, 2.24) is 39.1 Å². The topological polar surface area (TPSA) is 303 Å². The fourth-order valence-corrected chi connectivity index (χ4v) is 10.6. The number of nitrogens with zero attached hydrogens (tertiary/aromatic N) is 7. The summed E-state index contributed by atoms with van der Waals surface area (Å²) in [4.78, 5) is 75.6. The van der Waals surface area contributed by atoms with E-state index >= 15 is 8.78 Å². The molecule has 1 saturated carbocycles. The SMILES string of the molecule is CC(C)(CCN(CC(=O)O)C(=O)OCOP(=O)(O)O)C(=O)N(Cc1nn(CC(F)(F)F)c2c(-c3ccc(C#CC(C)(C)S(C)(=O)=O)nc3C(Cc3cc(F)cc(F)c3)NC(=O)Cn3nc(C(F)(F)F)c4c3C(F)(F)[C@@H]3C[C@H]43)ccc(Cl)c12)S(=O)O. The van der Waals surface area contributed by atoms with Crippen molar-refractivity contribution >= 4 is 75.3 Å². The fraction of sp³-hybridized carbons (Fsp3) is 0.449. The molecule has 1 fully saturated rings. The maximum absolute atomic E-state index is 15.7. The van der Waals surface area contributed by atoms with E-state index in [9.17, 15) is 81.2 Å². The Morgan fingerprint density at radius 2 is 1.62 bits per heavy atom. The number of carboxylic acids is 1. The molecule has 0 aliphatic heterocycles. The number of aliphatic carboxylic acids is 1. The Hall–Kier alpha value is -6.73. The van der Waals surface area contributed by atoms with Gasteiger partial charge in [0.15, 0.2) is 15.5 Å². The Labute approximate surface area is 482 Å². The Balaban J connectivity index is 1.37. The molecule has 2 aliphatic carbocycles. The third kappa shape index (κ3) is 15.1. The van der Waals surface area contributed by atoms with E-state index in [2.05, 4.69) is 41.6 Å². The maximum Gasteiger partial charge on any atom is 0.472 e. The summed E-state index contributed by atoms with van der Waals surface area (Å²) in [6, 6.07) is 4.62. The van der Waals surface area contributed by atoms with Gasteiger partial charge in [-0.05, 0) is 80.8 Å². The number of sulfone groups is 1. The summed E-state index contributed by atoms with van der Waals surface area (Å²) in [6.45, 7) is -2.92. The molecule has 2 unspecified atom stereocenters. The summed E-state index contributed by atoms with van der Waals surface area (Å²) in [5.41, 5.74) is -8.57. The average Bonchev–Trinajstić information content (AvgIpc) is 1.53. The number of fused-ring (bicyclic) bond motifs is 4. The van der Waals surface area contributed by atoms with Gasteiger partial charge in [-0.15, -0.1) is 0 Å². The second kappa shape index (κ2) is 23.9. The molecule has 3 heterocycles. The van der Waals surface area contributed by atoms with E-state index in [1.54, 1.807) is 0 Å². The zero-order valence-electron chi connectivity index (χ0n) is 44.6. The van der Waals surface area contributed by atoms with Crippen molar-refractivity contribution in [1.29, 1.82) is 0 Å². The molecule has 462 valence electrons. The lowest BCUT2D eigenvalue weighted by Gasteiger charge is -2.31. The monoisotopic (exact) mass is 1290 g/mol. The average molecular weight is 1290 g/mol.